The lowest BCUT2D eigenvalue weighted by molar-refractivity contribution is -0.251. The maximum atomic E-state index is 11.7. The van der Waals surface area contributed by atoms with E-state index in [1.165, 1.54) is 7.11 Å². The van der Waals surface area contributed by atoms with Crippen LogP contribution >= 0.6 is 0 Å². The highest BCUT2D eigenvalue weighted by Gasteiger charge is 2.32. The molecule has 0 spiro atoms. The van der Waals surface area contributed by atoms with Gasteiger partial charge >= 0.3 is 5.97 Å². The maximum absolute atomic E-state index is 11.7. The Hall–Kier alpha value is -2.41. The molecular formula is C23H28O6. The fourth-order valence-corrected chi connectivity index (χ4v) is 3.27. The molecule has 2 aromatic carbocycles. The van der Waals surface area contributed by atoms with Crippen LogP contribution in [-0.2, 0) is 30.3 Å². The van der Waals surface area contributed by atoms with Crippen molar-refractivity contribution in [2.75, 3.05) is 20.8 Å². The monoisotopic (exact) mass is 400 g/mol. The third-order valence-corrected chi connectivity index (χ3v) is 4.86. The van der Waals surface area contributed by atoms with Crippen LogP contribution in [0.1, 0.15) is 36.7 Å². The number of carbonyl (C=O) groups is 1. The van der Waals surface area contributed by atoms with E-state index < -0.39 is 6.29 Å². The van der Waals surface area contributed by atoms with Crippen LogP contribution in [0, 0.1) is 0 Å². The van der Waals surface area contributed by atoms with Crippen LogP contribution in [0.3, 0.4) is 0 Å². The number of rotatable bonds is 9. The number of hydrogen-bond donors (Lipinski definition) is 0. The van der Waals surface area contributed by atoms with Gasteiger partial charge in [0.15, 0.2) is 6.29 Å². The summed E-state index contributed by atoms with van der Waals surface area (Å²) in [6.45, 7) is 1.09. The molecule has 3 rings (SSSR count). The predicted molar refractivity (Wildman–Crippen MR) is 107 cm³/mol. The summed E-state index contributed by atoms with van der Waals surface area (Å²) in [6, 6.07) is 17.6. The molecule has 1 aliphatic rings. The zero-order chi connectivity index (χ0) is 20.5. The molecule has 0 aliphatic carbocycles. The summed E-state index contributed by atoms with van der Waals surface area (Å²) in [4.78, 5) is 11.7. The zero-order valence-corrected chi connectivity index (χ0v) is 16.9. The van der Waals surface area contributed by atoms with E-state index in [1.807, 2.05) is 54.6 Å². The maximum Gasteiger partial charge on any atom is 0.308 e. The van der Waals surface area contributed by atoms with Gasteiger partial charge in [0.05, 0.1) is 39.5 Å². The van der Waals surface area contributed by atoms with E-state index in [4.69, 9.17) is 23.7 Å². The Bertz CT molecular complexity index is 746. The van der Waals surface area contributed by atoms with Gasteiger partial charge in [0, 0.05) is 18.6 Å². The van der Waals surface area contributed by atoms with Crippen LogP contribution < -0.4 is 4.74 Å². The van der Waals surface area contributed by atoms with E-state index in [1.54, 1.807) is 7.11 Å². The lowest BCUT2D eigenvalue weighted by Crippen LogP contribution is -2.35. The summed E-state index contributed by atoms with van der Waals surface area (Å²) in [6.07, 6.45) is 0.774. The quantitative estimate of drug-likeness (QED) is 0.468. The van der Waals surface area contributed by atoms with E-state index in [0.717, 1.165) is 23.3 Å². The molecule has 1 saturated heterocycles. The second-order valence-electron chi connectivity index (χ2n) is 6.96. The molecule has 1 fully saturated rings. The van der Waals surface area contributed by atoms with Crippen molar-refractivity contribution in [3.63, 3.8) is 0 Å². The van der Waals surface area contributed by atoms with Crippen molar-refractivity contribution >= 4 is 5.97 Å². The van der Waals surface area contributed by atoms with Crippen molar-refractivity contribution in [3.8, 4) is 5.75 Å². The molecule has 6 heteroatoms. The summed E-state index contributed by atoms with van der Waals surface area (Å²) in [5.74, 6) is 0.547. The molecule has 1 heterocycles. The Labute approximate surface area is 171 Å². The van der Waals surface area contributed by atoms with Crippen LogP contribution in [0.4, 0.5) is 0 Å². The van der Waals surface area contributed by atoms with E-state index in [-0.39, 0.29) is 24.6 Å². The molecule has 0 bridgehead atoms. The fourth-order valence-electron chi connectivity index (χ4n) is 3.27. The number of benzene rings is 2. The highest BCUT2D eigenvalue weighted by atomic mass is 16.7. The van der Waals surface area contributed by atoms with E-state index in [2.05, 4.69) is 0 Å². The highest BCUT2D eigenvalue weighted by molar-refractivity contribution is 5.69. The largest absolute Gasteiger partial charge is 0.497 e. The topological polar surface area (TPSA) is 63.2 Å². The molecule has 6 nitrogen and oxygen atoms in total. The van der Waals surface area contributed by atoms with E-state index in [9.17, 15) is 4.79 Å². The van der Waals surface area contributed by atoms with Crippen LogP contribution in [-0.4, -0.2) is 39.0 Å². The Kier molecular flexibility index (Phi) is 8.04. The third-order valence-electron chi connectivity index (χ3n) is 4.86. The molecule has 0 radical (unpaired) electrons. The first-order valence-electron chi connectivity index (χ1n) is 9.81. The molecule has 156 valence electrons. The molecule has 0 aromatic heterocycles. The second-order valence-corrected chi connectivity index (χ2v) is 6.96. The average Bonchev–Trinajstić information content (AvgIpc) is 2.77. The normalized spacial score (nSPS) is 21.5. The Balaban J connectivity index is 1.52. The molecule has 2 aromatic rings. The van der Waals surface area contributed by atoms with Gasteiger partial charge in [-0.15, -0.1) is 0 Å². The van der Waals surface area contributed by atoms with E-state index in [0.29, 0.717) is 19.6 Å². The van der Waals surface area contributed by atoms with Crippen LogP contribution in [0.2, 0.25) is 0 Å². The van der Waals surface area contributed by atoms with Gasteiger partial charge in [-0.25, -0.2) is 0 Å². The minimum atomic E-state index is -0.494. The molecular weight excluding hydrogens is 372 g/mol. The number of methoxy groups -OCH3 is 2. The van der Waals surface area contributed by atoms with Gasteiger partial charge < -0.3 is 23.7 Å². The molecule has 0 N–H and O–H groups in total. The number of esters is 1. The first-order chi connectivity index (χ1) is 14.2. The molecule has 1 aliphatic heterocycles. The van der Waals surface area contributed by atoms with Crippen LogP contribution in [0.15, 0.2) is 54.6 Å². The van der Waals surface area contributed by atoms with Gasteiger partial charge in [0.1, 0.15) is 5.75 Å². The summed E-state index contributed by atoms with van der Waals surface area (Å²) in [5.41, 5.74) is 2.02. The molecule has 0 unspecified atom stereocenters. The van der Waals surface area contributed by atoms with Gasteiger partial charge in [-0.2, -0.15) is 0 Å². The predicted octanol–water partition coefficient (Wildman–Crippen LogP) is 4.04. The standard InChI is InChI=1S/C23H28O6/c1-25-19-10-8-17(9-11-19)16-27-13-12-20-14-21(15-22(24)26-2)29-23(28-20)18-6-4-3-5-7-18/h3-11,20-21,23H,12-16H2,1-2H3/t20-,21-,23-/m1/s1. The van der Waals surface area contributed by atoms with Crippen molar-refractivity contribution in [1.82, 2.24) is 0 Å². The molecule has 0 amide bonds. The number of hydrogen-bond acceptors (Lipinski definition) is 6. The lowest BCUT2D eigenvalue weighted by atomic mass is 10.0. The van der Waals surface area contributed by atoms with Gasteiger partial charge in [-0.1, -0.05) is 42.5 Å². The van der Waals surface area contributed by atoms with Crippen LogP contribution in [0.25, 0.3) is 0 Å². The van der Waals surface area contributed by atoms with Gasteiger partial charge in [0.25, 0.3) is 0 Å². The van der Waals surface area contributed by atoms with Crippen molar-refractivity contribution < 1.29 is 28.5 Å². The Morgan fingerprint density at radius 2 is 1.72 bits per heavy atom. The Morgan fingerprint density at radius 3 is 2.41 bits per heavy atom. The summed E-state index contributed by atoms with van der Waals surface area (Å²) in [7, 11) is 3.04. The summed E-state index contributed by atoms with van der Waals surface area (Å²) >= 11 is 0. The molecule has 29 heavy (non-hydrogen) atoms. The van der Waals surface area contributed by atoms with Crippen molar-refractivity contribution in [3.05, 3.63) is 65.7 Å². The fraction of sp³-hybridized carbons (Fsp3) is 0.435. The van der Waals surface area contributed by atoms with E-state index >= 15 is 0 Å². The number of ether oxygens (including phenoxy) is 5. The summed E-state index contributed by atoms with van der Waals surface area (Å²) in [5, 5.41) is 0. The van der Waals surface area contributed by atoms with Crippen molar-refractivity contribution in [2.24, 2.45) is 0 Å². The Morgan fingerprint density at radius 1 is 1.00 bits per heavy atom. The molecule has 3 atom stereocenters. The van der Waals surface area contributed by atoms with Crippen molar-refractivity contribution in [2.45, 2.75) is 44.4 Å². The van der Waals surface area contributed by atoms with Gasteiger partial charge in [-0.05, 0) is 24.1 Å². The third kappa shape index (κ3) is 6.56. The summed E-state index contributed by atoms with van der Waals surface area (Å²) < 4.78 is 27.9. The zero-order valence-electron chi connectivity index (χ0n) is 16.9. The minimum Gasteiger partial charge on any atom is -0.497 e. The SMILES string of the molecule is COC(=O)C[C@H]1C[C@@H](CCOCc2ccc(OC)cc2)O[C@@H](c2ccccc2)O1. The minimum absolute atomic E-state index is 0.0560. The van der Waals surface area contributed by atoms with Crippen molar-refractivity contribution in [1.29, 1.82) is 0 Å². The number of carbonyl (C=O) groups excluding carboxylic acids is 1. The average molecular weight is 400 g/mol. The second kappa shape index (κ2) is 11.0. The lowest BCUT2D eigenvalue weighted by Gasteiger charge is -2.35. The smallest absolute Gasteiger partial charge is 0.308 e. The van der Waals surface area contributed by atoms with Gasteiger partial charge in [-0.3, -0.25) is 4.79 Å². The first-order valence-corrected chi connectivity index (χ1v) is 9.81. The highest BCUT2D eigenvalue weighted by Crippen LogP contribution is 2.32. The first kappa shape index (κ1) is 21.3. The molecule has 0 saturated carbocycles. The van der Waals surface area contributed by atoms with Crippen LogP contribution in [0.5, 0.6) is 5.75 Å². The van der Waals surface area contributed by atoms with Gasteiger partial charge in [0.2, 0.25) is 0 Å².